The van der Waals surface area contributed by atoms with Gasteiger partial charge in [0.2, 0.25) is 5.13 Å². The van der Waals surface area contributed by atoms with Gasteiger partial charge in [-0.25, -0.2) is 4.79 Å². The van der Waals surface area contributed by atoms with Crippen LogP contribution in [0, 0.1) is 6.92 Å². The summed E-state index contributed by atoms with van der Waals surface area (Å²) in [5.74, 6) is -0.483. The Bertz CT molecular complexity index is 1050. The van der Waals surface area contributed by atoms with Gasteiger partial charge in [-0.15, -0.1) is 10.2 Å². The van der Waals surface area contributed by atoms with Crippen LogP contribution in [0.4, 0.5) is 5.13 Å². The van der Waals surface area contributed by atoms with Gasteiger partial charge in [-0.2, -0.15) is 4.99 Å². The topological polar surface area (TPSA) is 114 Å². The molecule has 1 aromatic heterocycles. The van der Waals surface area contributed by atoms with E-state index in [0.29, 0.717) is 39.9 Å². The second-order valence-electron chi connectivity index (χ2n) is 6.40. The fraction of sp³-hybridized carbons (Fsp3) is 0.350. The van der Waals surface area contributed by atoms with Crippen LogP contribution in [0.25, 0.3) is 6.08 Å². The Morgan fingerprint density at radius 2 is 2.10 bits per heavy atom. The summed E-state index contributed by atoms with van der Waals surface area (Å²) < 4.78 is 11.1. The van der Waals surface area contributed by atoms with Gasteiger partial charge in [0.25, 0.3) is 5.91 Å². The number of hydrogen-bond acceptors (Lipinski definition) is 9. The number of ether oxygens (including phenoxy) is 2. The van der Waals surface area contributed by atoms with E-state index >= 15 is 0 Å². The number of carboxylic acids is 1. The second kappa shape index (κ2) is 9.92. The molecule has 0 aliphatic carbocycles. The largest absolute Gasteiger partial charge is 0.490 e. The molecular formula is C20H22N4O5S2. The van der Waals surface area contributed by atoms with Crippen molar-refractivity contribution in [2.45, 2.75) is 33.8 Å². The number of carbonyl (C=O) groups excluding carboxylic acids is 1. The molecule has 1 aliphatic heterocycles. The summed E-state index contributed by atoms with van der Waals surface area (Å²) in [6, 6.07) is 5.10. The van der Waals surface area contributed by atoms with Crippen LogP contribution in [0.1, 0.15) is 31.3 Å². The molecule has 1 aliphatic rings. The normalized spacial score (nSPS) is 17.4. The van der Waals surface area contributed by atoms with Gasteiger partial charge in [-0.1, -0.05) is 17.4 Å². The van der Waals surface area contributed by atoms with Crippen molar-refractivity contribution in [2.24, 2.45) is 4.99 Å². The molecule has 1 unspecified atom stereocenters. The van der Waals surface area contributed by atoms with Gasteiger partial charge >= 0.3 is 5.97 Å². The summed E-state index contributed by atoms with van der Waals surface area (Å²) in [7, 11) is 0. The lowest BCUT2D eigenvalue weighted by Crippen LogP contribution is -2.28. The number of aliphatic imine (C=N–C) groups is 1. The van der Waals surface area contributed by atoms with E-state index in [4.69, 9.17) is 14.6 Å². The van der Waals surface area contributed by atoms with Gasteiger partial charge in [0.1, 0.15) is 5.01 Å². The number of aromatic nitrogens is 2. The first-order valence-corrected chi connectivity index (χ1v) is 11.2. The Hall–Kier alpha value is -2.92. The van der Waals surface area contributed by atoms with Crippen molar-refractivity contribution in [3.8, 4) is 11.5 Å². The van der Waals surface area contributed by atoms with E-state index in [1.165, 1.54) is 30.0 Å². The molecule has 0 spiro atoms. The lowest BCUT2D eigenvalue weighted by molar-refractivity contribution is -0.144. The van der Waals surface area contributed by atoms with Gasteiger partial charge in [-0.3, -0.25) is 9.69 Å². The summed E-state index contributed by atoms with van der Waals surface area (Å²) in [6.07, 6.45) is 0.729. The van der Waals surface area contributed by atoms with E-state index in [2.05, 4.69) is 15.2 Å². The van der Waals surface area contributed by atoms with E-state index in [9.17, 15) is 9.59 Å². The van der Waals surface area contributed by atoms with Gasteiger partial charge in [0.05, 0.1) is 11.5 Å². The van der Waals surface area contributed by atoms with E-state index in [-0.39, 0.29) is 5.91 Å². The molecule has 3 rings (SSSR count). The third-order valence-electron chi connectivity index (χ3n) is 4.13. The molecule has 2 heterocycles. The van der Waals surface area contributed by atoms with Crippen LogP contribution in [-0.2, 0) is 9.59 Å². The minimum Gasteiger partial charge on any atom is -0.490 e. The number of rotatable bonds is 8. The molecule has 1 saturated heterocycles. The summed E-state index contributed by atoms with van der Waals surface area (Å²) in [6.45, 7) is 7.85. The van der Waals surface area contributed by atoms with Crippen molar-refractivity contribution in [3.05, 3.63) is 33.7 Å². The number of aryl methyl sites for hydroxylation is 1. The average Bonchev–Trinajstić information content (AvgIpc) is 3.26. The van der Waals surface area contributed by atoms with Crippen LogP contribution < -0.4 is 9.47 Å². The Morgan fingerprint density at radius 3 is 2.71 bits per heavy atom. The molecule has 0 bridgehead atoms. The highest BCUT2D eigenvalue weighted by atomic mass is 32.2. The maximum absolute atomic E-state index is 12.8. The Labute approximate surface area is 187 Å². The maximum Gasteiger partial charge on any atom is 0.344 e. The van der Waals surface area contributed by atoms with Crippen LogP contribution in [0.15, 0.2) is 28.1 Å². The molecule has 2 aromatic rings. The summed E-state index contributed by atoms with van der Waals surface area (Å²) >= 11 is 2.62. The minimum absolute atomic E-state index is 0.148. The fourth-order valence-electron chi connectivity index (χ4n) is 2.66. The number of amidine groups is 1. The van der Waals surface area contributed by atoms with Crippen molar-refractivity contribution in [1.29, 1.82) is 0 Å². The highest BCUT2D eigenvalue weighted by molar-refractivity contribution is 8.18. The summed E-state index contributed by atoms with van der Waals surface area (Å²) in [5, 5.41) is 18.9. The molecule has 1 amide bonds. The van der Waals surface area contributed by atoms with Crippen molar-refractivity contribution in [3.63, 3.8) is 0 Å². The van der Waals surface area contributed by atoms with Crippen LogP contribution in [-0.4, -0.2) is 56.5 Å². The third-order valence-corrected chi connectivity index (χ3v) is 5.87. The minimum atomic E-state index is -1.07. The summed E-state index contributed by atoms with van der Waals surface area (Å²) in [5.41, 5.74) is 0.721. The number of carboxylic acid groups (broad SMARTS) is 1. The maximum atomic E-state index is 12.8. The van der Waals surface area contributed by atoms with Crippen molar-refractivity contribution in [1.82, 2.24) is 15.1 Å². The molecule has 1 fully saturated rings. The highest BCUT2D eigenvalue weighted by Gasteiger charge is 2.32. The Morgan fingerprint density at radius 1 is 1.32 bits per heavy atom. The van der Waals surface area contributed by atoms with Crippen LogP contribution in [0.3, 0.4) is 0 Å². The molecule has 1 aromatic carbocycles. The van der Waals surface area contributed by atoms with Crippen LogP contribution >= 0.6 is 23.1 Å². The van der Waals surface area contributed by atoms with Gasteiger partial charge < -0.3 is 14.6 Å². The highest BCUT2D eigenvalue weighted by Crippen LogP contribution is 2.36. The van der Waals surface area contributed by atoms with Gasteiger partial charge in [0, 0.05) is 6.54 Å². The van der Waals surface area contributed by atoms with Crippen LogP contribution in [0.5, 0.6) is 11.5 Å². The molecule has 1 atom stereocenters. The lowest BCUT2D eigenvalue weighted by atomic mass is 10.1. The standard InChI is InChI=1S/C20H22N4O5S2/c1-5-24-17(25)16(31-20(24)21-19-23-22-12(4)30-19)10-13-7-8-14(15(9-13)28-6-2)29-11(3)18(26)27/h7-11H,5-6H2,1-4H3,(H,26,27)/b16-10+,21-20+. The zero-order chi connectivity index (χ0) is 22.5. The second-order valence-corrected chi connectivity index (χ2v) is 8.56. The number of nitrogens with zero attached hydrogens (tertiary/aromatic N) is 4. The lowest BCUT2D eigenvalue weighted by Gasteiger charge is -2.15. The number of carbonyl (C=O) groups is 2. The van der Waals surface area contributed by atoms with E-state index in [1.54, 1.807) is 29.2 Å². The molecule has 11 heteroatoms. The van der Waals surface area contributed by atoms with Crippen molar-refractivity contribution < 1.29 is 24.2 Å². The number of amides is 1. The zero-order valence-corrected chi connectivity index (χ0v) is 19.1. The van der Waals surface area contributed by atoms with Crippen LogP contribution in [0.2, 0.25) is 0 Å². The smallest absolute Gasteiger partial charge is 0.344 e. The van der Waals surface area contributed by atoms with Gasteiger partial charge in [-0.05, 0) is 63.2 Å². The average molecular weight is 463 g/mol. The molecule has 0 radical (unpaired) electrons. The number of benzene rings is 1. The Balaban J connectivity index is 1.89. The SMILES string of the molecule is CCOc1cc(/C=C2/S/C(=N/c3nnc(C)s3)N(CC)C2=O)ccc1OC(C)C(=O)O. The molecular weight excluding hydrogens is 440 g/mol. The molecule has 0 saturated carbocycles. The third kappa shape index (κ3) is 5.42. The first-order chi connectivity index (χ1) is 14.8. The predicted molar refractivity (Wildman–Crippen MR) is 120 cm³/mol. The van der Waals surface area contributed by atoms with Crippen molar-refractivity contribution >= 4 is 51.4 Å². The van der Waals surface area contributed by atoms with Gasteiger partial charge in [0.15, 0.2) is 22.8 Å². The monoisotopic (exact) mass is 462 g/mol. The fourth-order valence-corrected chi connectivity index (χ4v) is 4.32. The molecule has 9 nitrogen and oxygen atoms in total. The number of likely N-dealkylation sites (N-methyl/N-ethyl adjacent to an activating group) is 1. The van der Waals surface area contributed by atoms with Crippen molar-refractivity contribution in [2.75, 3.05) is 13.2 Å². The number of thioether (sulfide) groups is 1. The molecule has 31 heavy (non-hydrogen) atoms. The summed E-state index contributed by atoms with van der Waals surface area (Å²) in [4.78, 5) is 30.5. The first-order valence-electron chi connectivity index (χ1n) is 9.58. The Kier molecular flexibility index (Phi) is 7.29. The predicted octanol–water partition coefficient (Wildman–Crippen LogP) is 3.72. The van der Waals surface area contributed by atoms with E-state index in [1.807, 2.05) is 20.8 Å². The quantitative estimate of drug-likeness (QED) is 0.591. The number of hydrogen-bond donors (Lipinski definition) is 1. The van der Waals surface area contributed by atoms with E-state index in [0.717, 1.165) is 10.6 Å². The molecule has 1 N–H and O–H groups in total. The first kappa shape index (κ1) is 22.8. The zero-order valence-electron chi connectivity index (χ0n) is 17.5. The van der Waals surface area contributed by atoms with E-state index < -0.39 is 12.1 Å². The number of aliphatic carboxylic acids is 1. The molecule has 164 valence electrons.